The highest BCUT2D eigenvalue weighted by molar-refractivity contribution is 6.44. The molecule has 0 heterocycles. The molecule has 0 spiro atoms. The van der Waals surface area contributed by atoms with Crippen molar-refractivity contribution in [2.24, 2.45) is 0 Å². The Morgan fingerprint density at radius 2 is 0.933 bits per heavy atom. The molecule has 1 nitrogen and oxygen atoms in total. The van der Waals surface area contributed by atoms with Gasteiger partial charge >= 0.3 is 0 Å². The van der Waals surface area contributed by atoms with Crippen LogP contribution in [0.15, 0.2) is 0 Å². The van der Waals surface area contributed by atoms with Crippen molar-refractivity contribution in [2.45, 2.75) is 11.3 Å². The van der Waals surface area contributed by atoms with Gasteiger partial charge in [0.25, 0.3) is 0 Å². The normalized spacial score (nSPS) is 7.60. The molecule has 15 heavy (non-hydrogen) atoms. The summed E-state index contributed by atoms with van der Waals surface area (Å²) in [5.74, 6) is 0. The van der Waals surface area contributed by atoms with Gasteiger partial charge in [0.1, 0.15) is 4.84 Å². The van der Waals surface area contributed by atoms with Crippen LogP contribution in [0.2, 0.25) is 0 Å². The Kier molecular flexibility index (Phi) is 62.3. The first kappa shape index (κ1) is 26.0. The molecule has 0 aromatic heterocycles. The molecule has 98 valence electrons. The van der Waals surface area contributed by atoms with Crippen LogP contribution in [0, 0.1) is 0 Å². The fourth-order valence-electron chi connectivity index (χ4n) is 0.0976. The molecule has 0 radical (unpaired) electrons. The van der Waals surface area contributed by atoms with E-state index in [9.17, 15) is 0 Å². The van der Waals surface area contributed by atoms with E-state index in [4.69, 9.17) is 97.9 Å². The van der Waals surface area contributed by atoms with Gasteiger partial charge in [-0.2, -0.15) is 0 Å². The van der Waals surface area contributed by atoms with Gasteiger partial charge in [0.05, 0.1) is 16.0 Å². The number of alkyl halides is 8. The summed E-state index contributed by atoms with van der Waals surface area (Å²) in [7, 11) is 0. The summed E-state index contributed by atoms with van der Waals surface area (Å²) in [5, 5.41) is 8.65. The summed E-state index contributed by atoms with van der Waals surface area (Å²) in [4.78, 5) is -0.407. The van der Waals surface area contributed by atoms with Gasteiger partial charge in [0.15, 0.2) is 0 Å². The molecule has 0 bridgehead atoms. The van der Waals surface area contributed by atoms with Gasteiger partial charge < -0.3 is 5.11 Å². The number of hydrogen-bond acceptors (Lipinski definition) is 1. The van der Waals surface area contributed by atoms with E-state index in [0.717, 1.165) is 0 Å². The van der Waals surface area contributed by atoms with E-state index in [0.29, 0.717) is 6.42 Å². The Labute approximate surface area is 131 Å². The van der Waals surface area contributed by atoms with Crippen LogP contribution >= 0.6 is 92.8 Å². The van der Waals surface area contributed by atoms with Gasteiger partial charge in [-0.25, -0.2) is 0 Å². The molecule has 9 heteroatoms. The third-order valence-corrected chi connectivity index (χ3v) is 0.784. The number of rotatable bonds is 2. The van der Waals surface area contributed by atoms with Crippen LogP contribution in [-0.4, -0.2) is 32.6 Å². The fraction of sp³-hybridized carbons (Fsp3) is 1.00. The van der Waals surface area contributed by atoms with Gasteiger partial charge in [0, 0.05) is 13.0 Å². The first-order valence-electron chi connectivity index (χ1n) is 3.26. The summed E-state index contributed by atoms with van der Waals surface area (Å²) in [5.41, 5.74) is 0. The molecular formula is C6H12Cl8O. The fourth-order valence-corrected chi connectivity index (χ4v) is 0.293. The first-order chi connectivity index (χ1) is 7.01. The van der Waals surface area contributed by atoms with Gasteiger partial charge in [0.2, 0.25) is 0 Å². The molecule has 1 N–H and O–H groups in total. The maximum absolute atomic E-state index is 8.07. The zero-order chi connectivity index (χ0) is 13.1. The van der Waals surface area contributed by atoms with Crippen LogP contribution in [0.1, 0.15) is 6.42 Å². The summed E-state index contributed by atoms with van der Waals surface area (Å²) < 4.78 is 0. The SMILES string of the molecule is ClCCl.ClCCl.ClCCl.OCCC(Cl)Cl. The first-order valence-corrected chi connectivity index (χ1v) is 7.34. The smallest absolute Gasteiger partial charge is 0.110 e. The van der Waals surface area contributed by atoms with Crippen molar-refractivity contribution in [2.75, 3.05) is 22.6 Å². The average Bonchev–Trinajstić information content (AvgIpc) is 2.07. The van der Waals surface area contributed by atoms with Crippen LogP contribution in [-0.2, 0) is 0 Å². The molecule has 0 aliphatic heterocycles. The predicted molar refractivity (Wildman–Crippen MR) is 76.9 cm³/mol. The molecular weight excluding hydrogens is 372 g/mol. The van der Waals surface area contributed by atoms with E-state index >= 15 is 0 Å². The molecule has 0 saturated heterocycles. The Hall–Kier alpha value is 2.28. The van der Waals surface area contributed by atoms with Crippen LogP contribution in [0.5, 0.6) is 0 Å². The molecule has 0 aliphatic rings. The number of aliphatic hydroxyl groups is 1. The lowest BCUT2D eigenvalue weighted by Gasteiger charge is -1.90. The Morgan fingerprint density at radius 3 is 0.933 bits per heavy atom. The molecule has 0 amide bonds. The lowest BCUT2D eigenvalue weighted by Crippen LogP contribution is -1.89. The van der Waals surface area contributed by atoms with Crippen molar-refractivity contribution in [3.63, 3.8) is 0 Å². The number of halogens is 8. The Bertz CT molecular complexity index is 60.3. The van der Waals surface area contributed by atoms with Crippen LogP contribution in [0.25, 0.3) is 0 Å². The third-order valence-electron chi connectivity index (χ3n) is 0.347. The zero-order valence-electron chi connectivity index (χ0n) is 7.58. The van der Waals surface area contributed by atoms with Crippen LogP contribution < -0.4 is 0 Å². The zero-order valence-corrected chi connectivity index (χ0v) is 13.6. The second-order valence-corrected chi connectivity index (χ2v) is 4.91. The minimum atomic E-state index is -0.407. The average molecular weight is 384 g/mol. The monoisotopic (exact) mass is 380 g/mol. The minimum Gasteiger partial charge on any atom is -0.396 e. The van der Waals surface area contributed by atoms with Gasteiger partial charge in [-0.1, -0.05) is 0 Å². The second kappa shape index (κ2) is 36.0. The lowest BCUT2D eigenvalue weighted by atomic mass is 10.5. The molecule has 0 saturated carbocycles. The van der Waals surface area contributed by atoms with E-state index in [1.165, 1.54) is 0 Å². The van der Waals surface area contributed by atoms with E-state index in [2.05, 4.69) is 0 Å². The molecule has 0 atom stereocenters. The highest BCUT2D eigenvalue weighted by atomic mass is 35.5. The second-order valence-electron chi connectivity index (χ2n) is 1.21. The van der Waals surface area contributed by atoms with E-state index in [-0.39, 0.29) is 22.6 Å². The molecule has 0 fully saturated rings. The third kappa shape index (κ3) is 119. The minimum absolute atomic E-state index is 0.0671. The molecule has 0 aromatic rings. The Balaban J connectivity index is -0.0000000581. The lowest BCUT2D eigenvalue weighted by molar-refractivity contribution is 0.293. The summed E-state index contributed by atoms with van der Waals surface area (Å²) >= 11 is 38.9. The van der Waals surface area contributed by atoms with Gasteiger partial charge in [-0.3, -0.25) is 0 Å². The quantitative estimate of drug-likeness (QED) is 0.630. The van der Waals surface area contributed by atoms with Crippen molar-refractivity contribution in [3.8, 4) is 0 Å². The van der Waals surface area contributed by atoms with Crippen molar-refractivity contribution >= 4 is 92.8 Å². The largest absolute Gasteiger partial charge is 0.396 e. The summed E-state index contributed by atoms with van der Waals surface area (Å²) in [6.07, 6.45) is 0.461. The van der Waals surface area contributed by atoms with Crippen LogP contribution in [0.3, 0.4) is 0 Å². The number of aliphatic hydroxyl groups excluding tert-OH is 1. The molecule has 0 unspecified atom stereocenters. The maximum atomic E-state index is 8.07. The van der Waals surface area contributed by atoms with E-state index in [1.807, 2.05) is 0 Å². The van der Waals surface area contributed by atoms with Crippen LogP contribution in [0.4, 0.5) is 0 Å². The van der Waals surface area contributed by atoms with E-state index in [1.54, 1.807) is 0 Å². The summed E-state index contributed by atoms with van der Waals surface area (Å²) in [6.45, 7) is 0.0671. The van der Waals surface area contributed by atoms with Crippen molar-refractivity contribution in [1.82, 2.24) is 0 Å². The van der Waals surface area contributed by atoms with Gasteiger partial charge in [-0.15, -0.1) is 92.8 Å². The van der Waals surface area contributed by atoms with Crippen molar-refractivity contribution in [3.05, 3.63) is 0 Å². The van der Waals surface area contributed by atoms with Crippen molar-refractivity contribution < 1.29 is 5.11 Å². The van der Waals surface area contributed by atoms with Crippen molar-refractivity contribution in [1.29, 1.82) is 0 Å². The number of hydrogen-bond donors (Lipinski definition) is 1. The maximum Gasteiger partial charge on any atom is 0.110 e. The topological polar surface area (TPSA) is 20.2 Å². The highest BCUT2D eigenvalue weighted by Crippen LogP contribution is 2.04. The predicted octanol–water partition coefficient (Wildman–Crippen LogP) is 5.44. The Morgan fingerprint density at radius 1 is 0.733 bits per heavy atom. The molecule has 0 aromatic carbocycles. The van der Waals surface area contributed by atoms with E-state index < -0.39 is 4.84 Å². The standard InChI is InChI=1S/C3H6Cl2O.3CH2Cl2/c4-3(5)1-2-6;3*2-1-3/h3,6H,1-2H2;3*1H2. The highest BCUT2D eigenvalue weighted by Gasteiger charge is 1.92. The summed E-state index contributed by atoms with van der Waals surface area (Å²) in [6, 6.07) is 0. The molecule has 0 rings (SSSR count). The molecule has 0 aliphatic carbocycles. The van der Waals surface area contributed by atoms with Gasteiger partial charge in [-0.05, 0) is 0 Å².